The Morgan fingerprint density at radius 1 is 1.00 bits per heavy atom. The van der Waals surface area contributed by atoms with Crippen LogP contribution in [0.2, 0.25) is 0 Å². The van der Waals surface area contributed by atoms with Gasteiger partial charge in [0, 0.05) is 48.9 Å². The first-order valence-electron chi connectivity index (χ1n) is 9.25. The first-order chi connectivity index (χ1) is 12.5. The summed E-state index contributed by atoms with van der Waals surface area (Å²) >= 11 is 0. The highest BCUT2D eigenvalue weighted by Gasteiger charge is 2.14. The van der Waals surface area contributed by atoms with Crippen molar-refractivity contribution in [1.29, 1.82) is 0 Å². The second-order valence-corrected chi connectivity index (χ2v) is 7.46. The van der Waals surface area contributed by atoms with E-state index in [0.29, 0.717) is 11.8 Å². The molecular weight excluding hydrogens is 322 g/mol. The third-order valence-electron chi connectivity index (χ3n) is 5.25. The fourth-order valence-electron chi connectivity index (χ4n) is 3.55. The number of rotatable bonds is 5. The third-order valence-corrected chi connectivity index (χ3v) is 5.25. The van der Waals surface area contributed by atoms with E-state index in [9.17, 15) is 0 Å². The van der Waals surface area contributed by atoms with Crippen LogP contribution in [0.15, 0.2) is 43.1 Å². The van der Waals surface area contributed by atoms with Crippen LogP contribution in [-0.2, 0) is 13.6 Å². The SMILES string of the molecule is CC(C)c1cnc2c(ccn2CCC(C)c2ncnc3c2ccn3C)c1. The number of hydrogen-bond donors (Lipinski definition) is 0. The van der Waals surface area contributed by atoms with E-state index in [2.05, 4.69) is 59.7 Å². The van der Waals surface area contributed by atoms with Gasteiger partial charge in [0.25, 0.3) is 0 Å². The van der Waals surface area contributed by atoms with Crippen molar-refractivity contribution in [2.75, 3.05) is 0 Å². The van der Waals surface area contributed by atoms with E-state index in [-0.39, 0.29) is 0 Å². The molecule has 26 heavy (non-hydrogen) atoms. The van der Waals surface area contributed by atoms with Crippen molar-refractivity contribution in [2.45, 2.75) is 45.6 Å². The molecule has 0 aliphatic carbocycles. The molecule has 5 nitrogen and oxygen atoms in total. The zero-order valence-corrected chi connectivity index (χ0v) is 15.8. The first-order valence-corrected chi connectivity index (χ1v) is 9.25. The fraction of sp³-hybridized carbons (Fsp3) is 0.381. The van der Waals surface area contributed by atoms with Crippen LogP contribution in [-0.4, -0.2) is 24.1 Å². The minimum Gasteiger partial charge on any atom is -0.335 e. The molecule has 4 aromatic heterocycles. The normalized spacial score (nSPS) is 13.1. The number of aryl methyl sites for hydroxylation is 2. The highest BCUT2D eigenvalue weighted by molar-refractivity contribution is 5.79. The Morgan fingerprint density at radius 2 is 1.85 bits per heavy atom. The molecule has 0 saturated carbocycles. The van der Waals surface area contributed by atoms with E-state index >= 15 is 0 Å². The van der Waals surface area contributed by atoms with Crippen molar-refractivity contribution in [1.82, 2.24) is 24.1 Å². The number of fused-ring (bicyclic) bond motifs is 2. The van der Waals surface area contributed by atoms with Gasteiger partial charge in [-0.05, 0) is 36.1 Å². The van der Waals surface area contributed by atoms with Gasteiger partial charge in [-0.25, -0.2) is 15.0 Å². The van der Waals surface area contributed by atoms with Gasteiger partial charge in [-0.1, -0.05) is 20.8 Å². The van der Waals surface area contributed by atoms with Crippen molar-refractivity contribution in [3.63, 3.8) is 0 Å². The van der Waals surface area contributed by atoms with Crippen molar-refractivity contribution in [3.05, 3.63) is 54.4 Å². The molecule has 0 aliphatic heterocycles. The van der Waals surface area contributed by atoms with Gasteiger partial charge in [-0.15, -0.1) is 0 Å². The summed E-state index contributed by atoms with van der Waals surface area (Å²) in [6, 6.07) is 6.53. The van der Waals surface area contributed by atoms with Crippen LogP contribution in [0.3, 0.4) is 0 Å². The van der Waals surface area contributed by atoms with Crippen molar-refractivity contribution in [3.8, 4) is 0 Å². The first kappa shape index (κ1) is 16.8. The van der Waals surface area contributed by atoms with Crippen LogP contribution >= 0.6 is 0 Å². The third kappa shape index (κ3) is 2.87. The molecule has 0 radical (unpaired) electrons. The predicted molar refractivity (Wildman–Crippen MR) is 105 cm³/mol. The summed E-state index contributed by atoms with van der Waals surface area (Å²) < 4.78 is 4.29. The maximum Gasteiger partial charge on any atom is 0.143 e. The Balaban J connectivity index is 1.56. The second-order valence-electron chi connectivity index (χ2n) is 7.46. The highest BCUT2D eigenvalue weighted by atomic mass is 15.0. The van der Waals surface area contributed by atoms with Gasteiger partial charge in [0.1, 0.15) is 17.6 Å². The van der Waals surface area contributed by atoms with Gasteiger partial charge in [0.05, 0.1) is 5.69 Å². The average molecular weight is 347 g/mol. The van der Waals surface area contributed by atoms with Gasteiger partial charge in [0.15, 0.2) is 0 Å². The Bertz CT molecular complexity index is 1060. The number of aromatic nitrogens is 5. The smallest absolute Gasteiger partial charge is 0.143 e. The molecule has 0 fully saturated rings. The summed E-state index contributed by atoms with van der Waals surface area (Å²) in [6.45, 7) is 7.57. The van der Waals surface area contributed by atoms with Gasteiger partial charge in [-0.3, -0.25) is 0 Å². The van der Waals surface area contributed by atoms with Crippen LogP contribution < -0.4 is 0 Å². The molecule has 0 aliphatic rings. The Morgan fingerprint density at radius 3 is 2.65 bits per heavy atom. The number of hydrogen-bond acceptors (Lipinski definition) is 3. The summed E-state index contributed by atoms with van der Waals surface area (Å²) in [5.41, 5.74) is 4.48. The highest BCUT2D eigenvalue weighted by Crippen LogP contribution is 2.26. The number of pyridine rings is 1. The Hall–Kier alpha value is -2.69. The molecule has 0 spiro atoms. The maximum atomic E-state index is 4.70. The molecule has 0 bridgehead atoms. The van der Waals surface area contributed by atoms with Crippen LogP contribution in [0, 0.1) is 0 Å². The lowest BCUT2D eigenvalue weighted by Gasteiger charge is -2.13. The quantitative estimate of drug-likeness (QED) is 0.528. The largest absolute Gasteiger partial charge is 0.335 e. The molecule has 0 aromatic carbocycles. The van der Waals surface area contributed by atoms with E-state index in [1.54, 1.807) is 6.33 Å². The van der Waals surface area contributed by atoms with Crippen LogP contribution in [0.4, 0.5) is 0 Å². The minimum absolute atomic E-state index is 0.357. The summed E-state index contributed by atoms with van der Waals surface area (Å²) in [5, 5.41) is 2.37. The monoisotopic (exact) mass is 347 g/mol. The lowest BCUT2D eigenvalue weighted by Crippen LogP contribution is -2.05. The molecule has 4 rings (SSSR count). The predicted octanol–water partition coefficient (Wildman–Crippen LogP) is 4.64. The molecule has 4 aromatic rings. The van der Waals surface area contributed by atoms with Crippen molar-refractivity contribution >= 4 is 22.1 Å². The van der Waals surface area contributed by atoms with E-state index < -0.39 is 0 Å². The summed E-state index contributed by atoms with van der Waals surface area (Å²) in [5.74, 6) is 0.858. The summed E-state index contributed by atoms with van der Waals surface area (Å²) in [6.07, 6.45) is 8.88. The van der Waals surface area contributed by atoms with Crippen molar-refractivity contribution < 1.29 is 0 Å². The van der Waals surface area contributed by atoms with Crippen LogP contribution in [0.25, 0.3) is 22.1 Å². The van der Waals surface area contributed by atoms with Gasteiger partial charge in [0.2, 0.25) is 0 Å². The number of nitrogens with zero attached hydrogens (tertiary/aromatic N) is 5. The molecule has 5 heteroatoms. The molecule has 0 saturated heterocycles. The summed E-state index contributed by atoms with van der Waals surface area (Å²) in [7, 11) is 2.02. The van der Waals surface area contributed by atoms with Crippen LogP contribution in [0.1, 0.15) is 50.3 Å². The Labute approximate surface area is 153 Å². The van der Waals surface area contributed by atoms with E-state index in [4.69, 9.17) is 4.98 Å². The van der Waals surface area contributed by atoms with E-state index in [0.717, 1.165) is 35.3 Å². The molecule has 1 atom stereocenters. The lowest BCUT2D eigenvalue weighted by atomic mass is 10.0. The zero-order valence-electron chi connectivity index (χ0n) is 15.8. The average Bonchev–Trinajstić information content (AvgIpc) is 3.22. The molecule has 4 heterocycles. The van der Waals surface area contributed by atoms with Crippen molar-refractivity contribution in [2.24, 2.45) is 7.05 Å². The minimum atomic E-state index is 0.357. The fourth-order valence-corrected chi connectivity index (χ4v) is 3.55. The second kappa shape index (κ2) is 6.56. The summed E-state index contributed by atoms with van der Waals surface area (Å²) in [4.78, 5) is 13.7. The Kier molecular flexibility index (Phi) is 4.23. The molecule has 1 unspecified atom stereocenters. The zero-order chi connectivity index (χ0) is 18.3. The van der Waals surface area contributed by atoms with Crippen LogP contribution in [0.5, 0.6) is 0 Å². The molecule has 134 valence electrons. The molecule has 0 amide bonds. The molecular formula is C21H25N5. The van der Waals surface area contributed by atoms with Gasteiger partial charge >= 0.3 is 0 Å². The topological polar surface area (TPSA) is 48.5 Å². The van der Waals surface area contributed by atoms with E-state index in [1.807, 2.05) is 24.0 Å². The molecule has 0 N–H and O–H groups in total. The maximum absolute atomic E-state index is 4.70. The lowest BCUT2D eigenvalue weighted by molar-refractivity contribution is 0.578. The standard InChI is InChI=1S/C21H25N5/c1-14(2)17-11-16-6-10-26(20(16)22-12-17)9-5-15(3)19-18-7-8-25(4)21(18)24-13-23-19/h6-8,10-15H,5,9H2,1-4H3. The van der Waals surface area contributed by atoms with Gasteiger partial charge in [-0.2, -0.15) is 0 Å². The van der Waals surface area contributed by atoms with E-state index in [1.165, 1.54) is 10.9 Å². The van der Waals surface area contributed by atoms with Gasteiger partial charge < -0.3 is 9.13 Å².